The van der Waals surface area contributed by atoms with Crippen LogP contribution in [0.3, 0.4) is 0 Å². The Morgan fingerprint density at radius 2 is 1.75 bits per heavy atom. The molecule has 2 fully saturated rings. The van der Waals surface area contributed by atoms with Crippen molar-refractivity contribution in [1.29, 1.82) is 0 Å². The number of hydrogen-bond donors (Lipinski definition) is 1. The zero-order valence-electron chi connectivity index (χ0n) is 10.4. The smallest absolute Gasteiger partial charge is 0.317 e. The highest BCUT2D eigenvalue weighted by Gasteiger charge is 2.28. The van der Waals surface area contributed by atoms with E-state index in [0.717, 1.165) is 19.6 Å². The van der Waals surface area contributed by atoms with E-state index in [1.54, 1.807) is 0 Å². The topological polar surface area (TPSA) is 32.3 Å². The van der Waals surface area contributed by atoms with Crippen LogP contribution in [0.5, 0.6) is 0 Å². The highest BCUT2D eigenvalue weighted by atomic mass is 16.2. The van der Waals surface area contributed by atoms with Crippen LogP contribution in [0.1, 0.15) is 51.9 Å². The van der Waals surface area contributed by atoms with E-state index in [2.05, 4.69) is 12.2 Å². The minimum absolute atomic E-state index is 0.157. The summed E-state index contributed by atoms with van der Waals surface area (Å²) in [6, 6.07) is 0.157. The summed E-state index contributed by atoms with van der Waals surface area (Å²) < 4.78 is 0. The van der Waals surface area contributed by atoms with Crippen LogP contribution in [-0.2, 0) is 0 Å². The van der Waals surface area contributed by atoms with E-state index in [1.807, 2.05) is 4.90 Å². The highest BCUT2D eigenvalue weighted by molar-refractivity contribution is 5.74. The third-order valence-electron chi connectivity index (χ3n) is 4.12. The Bertz CT molecular complexity index is 240. The summed E-state index contributed by atoms with van der Waals surface area (Å²) >= 11 is 0. The largest absolute Gasteiger partial charge is 0.337 e. The molecule has 1 N–H and O–H groups in total. The molecule has 3 nitrogen and oxygen atoms in total. The fourth-order valence-corrected chi connectivity index (χ4v) is 2.90. The van der Waals surface area contributed by atoms with Gasteiger partial charge in [0.05, 0.1) is 0 Å². The molecule has 92 valence electrons. The molecule has 0 bridgehead atoms. The number of nitrogens with one attached hydrogen (secondary N) is 1. The second-order valence-corrected chi connectivity index (χ2v) is 5.72. The number of amides is 2. The number of likely N-dealkylation sites (tertiary alicyclic amines) is 1. The second-order valence-electron chi connectivity index (χ2n) is 5.72. The lowest BCUT2D eigenvalue weighted by Crippen LogP contribution is -2.43. The van der Waals surface area contributed by atoms with Gasteiger partial charge >= 0.3 is 6.03 Å². The summed E-state index contributed by atoms with van der Waals surface area (Å²) in [5, 5.41) is 3.12. The Balaban J connectivity index is 1.75. The van der Waals surface area contributed by atoms with E-state index >= 15 is 0 Å². The van der Waals surface area contributed by atoms with Gasteiger partial charge in [-0.05, 0) is 31.1 Å². The lowest BCUT2D eigenvalue weighted by molar-refractivity contribution is 0.182. The predicted molar refractivity (Wildman–Crippen MR) is 65.4 cm³/mol. The first-order chi connectivity index (χ1) is 7.70. The molecule has 0 unspecified atom stereocenters. The first kappa shape index (κ1) is 11.7. The average molecular weight is 224 g/mol. The molecule has 0 radical (unpaired) electrons. The standard InChI is InChI=1S/C13H24N2O/c1-13(7-3-2-4-8-13)11-14-12(16)15-9-5-6-10-15/h2-11H2,1H3,(H,14,16). The van der Waals surface area contributed by atoms with Gasteiger partial charge in [0, 0.05) is 19.6 Å². The minimum atomic E-state index is 0.157. The van der Waals surface area contributed by atoms with Crippen LogP contribution >= 0.6 is 0 Å². The molecule has 3 heteroatoms. The monoisotopic (exact) mass is 224 g/mol. The molecule has 16 heavy (non-hydrogen) atoms. The number of urea groups is 1. The van der Waals surface area contributed by atoms with Gasteiger partial charge in [-0.1, -0.05) is 26.2 Å². The Hall–Kier alpha value is -0.730. The van der Waals surface area contributed by atoms with Crippen LogP contribution in [0.2, 0.25) is 0 Å². The Morgan fingerprint density at radius 3 is 2.38 bits per heavy atom. The first-order valence-electron chi connectivity index (χ1n) is 6.72. The number of carbonyl (C=O) groups is 1. The molecule has 1 aliphatic carbocycles. The van der Waals surface area contributed by atoms with Gasteiger partial charge < -0.3 is 10.2 Å². The van der Waals surface area contributed by atoms with Gasteiger partial charge in [0.1, 0.15) is 0 Å². The van der Waals surface area contributed by atoms with Gasteiger partial charge in [0.2, 0.25) is 0 Å². The van der Waals surface area contributed by atoms with Crippen LogP contribution in [-0.4, -0.2) is 30.6 Å². The van der Waals surface area contributed by atoms with Crippen molar-refractivity contribution in [3.63, 3.8) is 0 Å². The van der Waals surface area contributed by atoms with Gasteiger partial charge in [-0.2, -0.15) is 0 Å². The lowest BCUT2D eigenvalue weighted by Gasteiger charge is -2.34. The maximum absolute atomic E-state index is 11.8. The van der Waals surface area contributed by atoms with E-state index in [1.165, 1.54) is 44.9 Å². The molecule has 0 aromatic heterocycles. The molecule has 0 spiro atoms. The summed E-state index contributed by atoms with van der Waals surface area (Å²) in [5.41, 5.74) is 0.355. The van der Waals surface area contributed by atoms with Crippen molar-refractivity contribution in [3.05, 3.63) is 0 Å². The van der Waals surface area contributed by atoms with Crippen molar-refractivity contribution in [2.45, 2.75) is 51.9 Å². The molecular weight excluding hydrogens is 200 g/mol. The van der Waals surface area contributed by atoms with Crippen molar-refractivity contribution in [2.24, 2.45) is 5.41 Å². The molecule has 1 saturated carbocycles. The zero-order chi connectivity index (χ0) is 11.4. The predicted octanol–water partition coefficient (Wildman–Crippen LogP) is 2.76. The van der Waals surface area contributed by atoms with Gasteiger partial charge in [-0.25, -0.2) is 4.79 Å². The summed E-state index contributed by atoms with van der Waals surface area (Å²) in [6.07, 6.45) is 8.91. The highest BCUT2D eigenvalue weighted by Crippen LogP contribution is 2.34. The average Bonchev–Trinajstić information content (AvgIpc) is 2.80. The van der Waals surface area contributed by atoms with Gasteiger partial charge in [0.25, 0.3) is 0 Å². The fourth-order valence-electron chi connectivity index (χ4n) is 2.90. The molecule has 0 atom stereocenters. The van der Waals surface area contributed by atoms with E-state index in [4.69, 9.17) is 0 Å². The van der Waals surface area contributed by atoms with Crippen molar-refractivity contribution in [1.82, 2.24) is 10.2 Å². The van der Waals surface area contributed by atoms with Crippen LogP contribution in [0.4, 0.5) is 4.79 Å². The van der Waals surface area contributed by atoms with Crippen molar-refractivity contribution >= 4 is 6.03 Å². The number of nitrogens with zero attached hydrogens (tertiary/aromatic N) is 1. The van der Waals surface area contributed by atoms with Crippen molar-refractivity contribution in [3.8, 4) is 0 Å². The summed E-state index contributed by atoms with van der Waals surface area (Å²) in [5.74, 6) is 0. The number of rotatable bonds is 2. The maximum Gasteiger partial charge on any atom is 0.317 e. The van der Waals surface area contributed by atoms with E-state index in [9.17, 15) is 4.79 Å². The molecule has 1 heterocycles. The summed E-state index contributed by atoms with van der Waals surface area (Å²) in [4.78, 5) is 13.8. The molecule has 1 aliphatic heterocycles. The SMILES string of the molecule is CC1(CNC(=O)N2CCCC2)CCCCC1. The van der Waals surface area contributed by atoms with Crippen molar-refractivity contribution < 1.29 is 4.79 Å². The molecular formula is C13H24N2O. The van der Waals surface area contributed by atoms with Crippen LogP contribution in [0.15, 0.2) is 0 Å². The Kier molecular flexibility index (Phi) is 3.72. The summed E-state index contributed by atoms with van der Waals surface area (Å²) in [6.45, 7) is 5.07. The molecule has 1 saturated heterocycles. The zero-order valence-corrected chi connectivity index (χ0v) is 10.4. The number of carbonyl (C=O) groups excluding carboxylic acids is 1. The van der Waals surface area contributed by atoms with E-state index in [-0.39, 0.29) is 6.03 Å². The normalized spacial score (nSPS) is 24.4. The van der Waals surface area contributed by atoms with Gasteiger partial charge in [0.15, 0.2) is 0 Å². The molecule has 0 aromatic carbocycles. The van der Waals surface area contributed by atoms with Gasteiger partial charge in [-0.15, -0.1) is 0 Å². The van der Waals surface area contributed by atoms with Crippen molar-refractivity contribution in [2.75, 3.05) is 19.6 Å². The molecule has 2 rings (SSSR count). The number of hydrogen-bond acceptors (Lipinski definition) is 1. The quantitative estimate of drug-likeness (QED) is 0.768. The minimum Gasteiger partial charge on any atom is -0.337 e. The third-order valence-corrected chi connectivity index (χ3v) is 4.12. The lowest BCUT2D eigenvalue weighted by atomic mass is 9.76. The second kappa shape index (κ2) is 5.07. The molecule has 2 amide bonds. The Morgan fingerprint density at radius 1 is 1.12 bits per heavy atom. The fraction of sp³-hybridized carbons (Fsp3) is 0.923. The van der Waals surface area contributed by atoms with Crippen LogP contribution < -0.4 is 5.32 Å². The van der Waals surface area contributed by atoms with E-state index in [0.29, 0.717) is 5.41 Å². The molecule has 0 aromatic rings. The third kappa shape index (κ3) is 2.89. The van der Waals surface area contributed by atoms with Gasteiger partial charge in [-0.3, -0.25) is 0 Å². The van der Waals surface area contributed by atoms with Crippen LogP contribution in [0, 0.1) is 5.41 Å². The first-order valence-corrected chi connectivity index (χ1v) is 6.72. The maximum atomic E-state index is 11.8. The molecule has 2 aliphatic rings. The summed E-state index contributed by atoms with van der Waals surface area (Å²) in [7, 11) is 0. The Labute approximate surface area is 98.6 Å². The van der Waals surface area contributed by atoms with E-state index < -0.39 is 0 Å². The van der Waals surface area contributed by atoms with Crippen LogP contribution in [0.25, 0.3) is 0 Å².